The van der Waals surface area contributed by atoms with Gasteiger partial charge in [-0.2, -0.15) is 4.31 Å². The quantitative estimate of drug-likeness (QED) is 0.647. The Morgan fingerprint density at radius 3 is 2.35 bits per heavy atom. The Balaban J connectivity index is 1.86. The molecule has 170 valence electrons. The standard InChI is InChI=1S/C22H32N4O4S/c1-5-24(6-2)22(27)20(19-11-8-7-9-12-19)25-13-10-14-26(16-15-25)31(28,29)21-17(3)23-30-18(21)4/h7-9,11-12,20H,5-6,10,13-16H2,1-4H3. The maximum absolute atomic E-state index is 13.4. The summed E-state index contributed by atoms with van der Waals surface area (Å²) in [6.45, 7) is 10.3. The SMILES string of the molecule is CCN(CC)C(=O)C(c1ccccc1)N1CCCN(S(=O)(=O)c2c(C)noc2C)CC1. The number of rotatable bonds is 7. The van der Waals surface area contributed by atoms with E-state index in [1.54, 1.807) is 13.8 Å². The monoisotopic (exact) mass is 448 g/mol. The Morgan fingerprint density at radius 1 is 1.10 bits per heavy atom. The van der Waals surface area contributed by atoms with Gasteiger partial charge in [-0.1, -0.05) is 35.5 Å². The molecule has 1 atom stereocenters. The van der Waals surface area contributed by atoms with E-state index >= 15 is 0 Å². The molecule has 31 heavy (non-hydrogen) atoms. The molecule has 1 amide bonds. The van der Waals surface area contributed by atoms with Crippen LogP contribution in [0.25, 0.3) is 0 Å². The van der Waals surface area contributed by atoms with Crippen molar-refractivity contribution >= 4 is 15.9 Å². The summed E-state index contributed by atoms with van der Waals surface area (Å²) in [6, 6.07) is 9.31. The van der Waals surface area contributed by atoms with Crippen LogP contribution in [0.2, 0.25) is 0 Å². The van der Waals surface area contributed by atoms with E-state index in [-0.39, 0.29) is 10.8 Å². The number of likely N-dealkylation sites (N-methyl/N-ethyl adjacent to an activating group) is 1. The molecule has 1 fully saturated rings. The first kappa shape index (κ1) is 23.4. The first-order chi connectivity index (χ1) is 14.8. The van der Waals surface area contributed by atoms with Gasteiger partial charge in [0, 0.05) is 39.3 Å². The van der Waals surface area contributed by atoms with Crippen molar-refractivity contribution in [3.8, 4) is 0 Å². The molecule has 0 radical (unpaired) electrons. The van der Waals surface area contributed by atoms with Gasteiger partial charge in [-0.05, 0) is 39.7 Å². The fourth-order valence-electron chi connectivity index (χ4n) is 4.24. The van der Waals surface area contributed by atoms with Crippen molar-refractivity contribution in [2.24, 2.45) is 0 Å². The molecule has 1 aromatic heterocycles. The van der Waals surface area contributed by atoms with E-state index < -0.39 is 16.1 Å². The van der Waals surface area contributed by atoms with Gasteiger partial charge in [-0.3, -0.25) is 9.69 Å². The molecule has 2 heterocycles. The number of amides is 1. The van der Waals surface area contributed by atoms with Crippen LogP contribution >= 0.6 is 0 Å². The van der Waals surface area contributed by atoms with Crippen LogP contribution in [0.3, 0.4) is 0 Å². The summed E-state index contributed by atoms with van der Waals surface area (Å²) in [6.07, 6.45) is 0.636. The van der Waals surface area contributed by atoms with Crippen molar-refractivity contribution in [2.75, 3.05) is 39.3 Å². The van der Waals surface area contributed by atoms with Crippen LogP contribution in [0.5, 0.6) is 0 Å². The van der Waals surface area contributed by atoms with Gasteiger partial charge in [0.15, 0.2) is 5.76 Å². The number of sulfonamides is 1. The minimum atomic E-state index is -3.71. The van der Waals surface area contributed by atoms with E-state index in [2.05, 4.69) is 10.1 Å². The summed E-state index contributed by atoms with van der Waals surface area (Å²) in [5, 5.41) is 3.80. The Morgan fingerprint density at radius 2 is 1.77 bits per heavy atom. The summed E-state index contributed by atoms with van der Waals surface area (Å²) in [5.74, 6) is 0.357. The summed E-state index contributed by atoms with van der Waals surface area (Å²) in [5.41, 5.74) is 1.30. The lowest BCUT2D eigenvalue weighted by Gasteiger charge is -2.33. The van der Waals surface area contributed by atoms with Crippen molar-refractivity contribution < 1.29 is 17.7 Å². The lowest BCUT2D eigenvalue weighted by molar-refractivity contribution is -0.137. The van der Waals surface area contributed by atoms with E-state index in [0.717, 1.165) is 5.56 Å². The Bertz CT molecular complexity index is 967. The molecule has 1 aliphatic rings. The lowest BCUT2D eigenvalue weighted by atomic mass is 10.0. The van der Waals surface area contributed by atoms with Crippen LogP contribution in [0.15, 0.2) is 39.8 Å². The normalized spacial score (nSPS) is 17.3. The zero-order chi connectivity index (χ0) is 22.6. The second-order valence-corrected chi connectivity index (χ2v) is 9.65. The third-order valence-corrected chi connectivity index (χ3v) is 7.99. The Kier molecular flexibility index (Phi) is 7.51. The molecule has 2 aromatic rings. The number of benzene rings is 1. The van der Waals surface area contributed by atoms with Gasteiger partial charge in [0.25, 0.3) is 0 Å². The Hall–Kier alpha value is -2.23. The van der Waals surface area contributed by atoms with Crippen molar-refractivity contribution in [1.29, 1.82) is 0 Å². The summed E-state index contributed by atoms with van der Waals surface area (Å²) >= 11 is 0. The second kappa shape index (κ2) is 9.93. The third kappa shape index (κ3) is 4.83. The molecule has 0 aliphatic carbocycles. The third-order valence-electron chi connectivity index (χ3n) is 5.84. The molecule has 8 nitrogen and oxygen atoms in total. The van der Waals surface area contributed by atoms with Gasteiger partial charge < -0.3 is 9.42 Å². The maximum atomic E-state index is 13.4. The van der Waals surface area contributed by atoms with Crippen molar-refractivity contribution in [3.63, 3.8) is 0 Å². The molecule has 1 aromatic carbocycles. The highest BCUT2D eigenvalue weighted by Gasteiger charge is 2.36. The van der Waals surface area contributed by atoms with Crippen molar-refractivity contribution in [2.45, 2.75) is 45.1 Å². The Labute approximate surface area is 184 Å². The fourth-order valence-corrected chi connectivity index (χ4v) is 6.00. The van der Waals surface area contributed by atoms with Crippen molar-refractivity contribution in [3.05, 3.63) is 47.3 Å². The fraction of sp³-hybridized carbons (Fsp3) is 0.545. The molecule has 3 rings (SSSR count). The molecule has 0 saturated carbocycles. The molecule has 0 bridgehead atoms. The molecule has 1 saturated heterocycles. The molecular formula is C22H32N4O4S. The van der Waals surface area contributed by atoms with E-state index in [1.807, 2.05) is 49.1 Å². The number of hydrogen-bond donors (Lipinski definition) is 0. The number of carbonyl (C=O) groups excluding carboxylic acids is 1. The zero-order valence-electron chi connectivity index (χ0n) is 18.7. The average Bonchev–Trinajstić information content (AvgIpc) is 2.94. The minimum Gasteiger partial charge on any atom is -0.360 e. The van der Waals surface area contributed by atoms with Gasteiger partial charge in [0.2, 0.25) is 15.9 Å². The molecule has 1 unspecified atom stereocenters. The summed E-state index contributed by atoms with van der Waals surface area (Å²) < 4.78 is 33.1. The predicted molar refractivity (Wildman–Crippen MR) is 118 cm³/mol. The number of carbonyl (C=O) groups is 1. The summed E-state index contributed by atoms with van der Waals surface area (Å²) in [4.78, 5) is 17.5. The van der Waals surface area contributed by atoms with Crippen LogP contribution in [0, 0.1) is 13.8 Å². The van der Waals surface area contributed by atoms with Crippen molar-refractivity contribution in [1.82, 2.24) is 19.3 Å². The molecule has 9 heteroatoms. The van der Waals surface area contributed by atoms with Gasteiger partial charge in [0.05, 0.1) is 0 Å². The van der Waals surface area contributed by atoms with E-state index in [0.29, 0.717) is 57.1 Å². The second-order valence-electron chi connectivity index (χ2n) is 7.77. The first-order valence-electron chi connectivity index (χ1n) is 10.8. The van der Waals surface area contributed by atoms with Gasteiger partial charge in [-0.25, -0.2) is 8.42 Å². The molecule has 1 aliphatic heterocycles. The number of hydrogen-bond acceptors (Lipinski definition) is 6. The topological polar surface area (TPSA) is 87.0 Å². The molecular weight excluding hydrogens is 416 g/mol. The first-order valence-corrected chi connectivity index (χ1v) is 12.3. The van der Waals surface area contributed by atoms with E-state index in [4.69, 9.17) is 4.52 Å². The number of aromatic nitrogens is 1. The highest BCUT2D eigenvalue weighted by atomic mass is 32.2. The molecule has 0 N–H and O–H groups in total. The summed E-state index contributed by atoms with van der Waals surface area (Å²) in [7, 11) is -3.71. The zero-order valence-corrected chi connectivity index (χ0v) is 19.6. The van der Waals surface area contributed by atoms with Gasteiger partial charge in [-0.15, -0.1) is 0 Å². The lowest BCUT2D eigenvalue weighted by Crippen LogP contribution is -2.44. The van der Waals surface area contributed by atoms with Crippen LogP contribution in [-0.4, -0.2) is 72.9 Å². The predicted octanol–water partition coefficient (Wildman–Crippen LogP) is 2.60. The smallest absolute Gasteiger partial charge is 0.248 e. The van der Waals surface area contributed by atoms with Gasteiger partial charge in [0.1, 0.15) is 16.6 Å². The maximum Gasteiger partial charge on any atom is 0.248 e. The minimum absolute atomic E-state index is 0.0539. The van der Waals surface area contributed by atoms with Crippen LogP contribution < -0.4 is 0 Å². The average molecular weight is 449 g/mol. The highest BCUT2D eigenvalue weighted by molar-refractivity contribution is 7.89. The largest absolute Gasteiger partial charge is 0.360 e. The van der Waals surface area contributed by atoms with Crippen LogP contribution in [-0.2, 0) is 14.8 Å². The molecule has 0 spiro atoms. The van der Waals surface area contributed by atoms with E-state index in [1.165, 1.54) is 4.31 Å². The number of aryl methyl sites for hydroxylation is 2. The van der Waals surface area contributed by atoms with Crippen LogP contribution in [0.4, 0.5) is 0 Å². The van der Waals surface area contributed by atoms with Crippen LogP contribution in [0.1, 0.15) is 43.3 Å². The highest BCUT2D eigenvalue weighted by Crippen LogP contribution is 2.28. The van der Waals surface area contributed by atoms with E-state index in [9.17, 15) is 13.2 Å². The van der Waals surface area contributed by atoms with Gasteiger partial charge >= 0.3 is 0 Å². The number of nitrogens with zero attached hydrogens (tertiary/aromatic N) is 4.